The minimum absolute atomic E-state index is 0.00347. The first-order valence-electron chi connectivity index (χ1n) is 16.8. The van der Waals surface area contributed by atoms with Crippen LogP contribution in [0.3, 0.4) is 0 Å². The smallest absolute Gasteiger partial charge is 0.419 e. The number of carbonyl (C=O) groups is 1. The van der Waals surface area contributed by atoms with Crippen LogP contribution in [0.1, 0.15) is 36.1 Å². The Bertz CT molecular complexity index is 1560. The molecular weight excluding hydrogens is 661 g/mol. The molecule has 3 fully saturated rings. The summed E-state index contributed by atoms with van der Waals surface area (Å²) in [6.07, 6.45) is 1.43. The van der Waals surface area contributed by atoms with Gasteiger partial charge in [0.05, 0.1) is 60.3 Å². The molecule has 1 aromatic carbocycles. The predicted molar refractivity (Wildman–Crippen MR) is 179 cm³/mol. The van der Waals surface area contributed by atoms with Gasteiger partial charge >= 0.3 is 12.2 Å². The summed E-state index contributed by atoms with van der Waals surface area (Å²) in [5, 5.41) is 9.35. The van der Waals surface area contributed by atoms with Crippen molar-refractivity contribution in [2.75, 3.05) is 89.0 Å². The number of piperazine rings is 1. The standard InChI is InChI=1S/C34H42ClF3N8O3/c1-42-12-3-5-25(42)23-49-33-40-28-22-44(29-7-2-6-27(35)31(29)34(36,37)38)14-10-26(28)32(41-33)45-15-16-46(24(21-45)9-11-39)30(47)8-4-13-43-17-19-48-20-18-43/h2,4,6-8,24-25H,3,5,9-10,12-23H2,1H3/b8-4+/t24-,25-/m0/s1. The third-order valence-electron chi connectivity index (χ3n) is 9.83. The topological polar surface area (TPSA) is 101 Å². The molecule has 2 aromatic rings. The Morgan fingerprint density at radius 1 is 1.12 bits per heavy atom. The molecule has 4 aliphatic rings. The van der Waals surface area contributed by atoms with E-state index in [-0.39, 0.29) is 47.7 Å². The van der Waals surface area contributed by atoms with Gasteiger partial charge in [0.1, 0.15) is 12.4 Å². The van der Waals surface area contributed by atoms with Crippen LogP contribution in [0.15, 0.2) is 30.4 Å². The minimum atomic E-state index is -4.63. The van der Waals surface area contributed by atoms with Crippen molar-refractivity contribution in [3.05, 3.63) is 52.2 Å². The second-order valence-electron chi connectivity index (χ2n) is 13.0. The van der Waals surface area contributed by atoms with Gasteiger partial charge in [-0.05, 0) is 45.0 Å². The van der Waals surface area contributed by atoms with Gasteiger partial charge in [0, 0.05) is 63.5 Å². The number of hydrogen-bond acceptors (Lipinski definition) is 10. The number of nitriles is 1. The monoisotopic (exact) mass is 702 g/mol. The van der Waals surface area contributed by atoms with Crippen molar-refractivity contribution in [3.8, 4) is 12.1 Å². The molecule has 0 radical (unpaired) electrons. The maximum absolute atomic E-state index is 14.1. The number of ether oxygens (including phenoxy) is 2. The number of aromatic nitrogens is 2. The fourth-order valence-corrected chi connectivity index (χ4v) is 7.41. The summed E-state index contributed by atoms with van der Waals surface area (Å²) < 4.78 is 53.9. The van der Waals surface area contributed by atoms with Gasteiger partial charge in [-0.3, -0.25) is 9.69 Å². The van der Waals surface area contributed by atoms with Gasteiger partial charge in [-0.2, -0.15) is 28.4 Å². The fourth-order valence-electron chi connectivity index (χ4n) is 7.14. The molecule has 1 amide bonds. The lowest BCUT2D eigenvalue weighted by Gasteiger charge is -2.42. The van der Waals surface area contributed by atoms with E-state index in [1.807, 2.05) is 6.08 Å². The van der Waals surface area contributed by atoms with E-state index in [1.54, 1.807) is 15.9 Å². The van der Waals surface area contributed by atoms with Crippen LogP contribution in [0.4, 0.5) is 24.7 Å². The van der Waals surface area contributed by atoms with Crippen molar-refractivity contribution >= 4 is 29.0 Å². The first-order valence-corrected chi connectivity index (χ1v) is 17.2. The lowest BCUT2D eigenvalue weighted by Crippen LogP contribution is -2.55. The third kappa shape index (κ3) is 8.23. The number of amides is 1. The van der Waals surface area contributed by atoms with Crippen molar-refractivity contribution in [3.63, 3.8) is 0 Å². The third-order valence-corrected chi connectivity index (χ3v) is 10.1. The largest absolute Gasteiger partial charge is 0.462 e. The molecule has 6 rings (SSSR count). The summed E-state index contributed by atoms with van der Waals surface area (Å²) in [6, 6.07) is 6.46. The van der Waals surface area contributed by atoms with Gasteiger partial charge in [0.15, 0.2) is 0 Å². The number of likely N-dealkylation sites (tertiary alicyclic amines) is 1. The summed E-state index contributed by atoms with van der Waals surface area (Å²) in [6.45, 7) is 6.66. The van der Waals surface area contributed by atoms with Gasteiger partial charge in [0.2, 0.25) is 5.91 Å². The summed E-state index contributed by atoms with van der Waals surface area (Å²) >= 11 is 6.07. The van der Waals surface area contributed by atoms with Crippen LogP contribution in [0, 0.1) is 11.3 Å². The Morgan fingerprint density at radius 3 is 2.67 bits per heavy atom. The van der Waals surface area contributed by atoms with Crippen molar-refractivity contribution in [1.29, 1.82) is 5.26 Å². The zero-order valence-corrected chi connectivity index (χ0v) is 28.4. The van der Waals surface area contributed by atoms with Gasteiger partial charge < -0.3 is 29.1 Å². The maximum Gasteiger partial charge on any atom is 0.419 e. The van der Waals surface area contributed by atoms with Crippen LogP contribution < -0.4 is 14.5 Å². The van der Waals surface area contributed by atoms with Crippen molar-refractivity contribution in [1.82, 2.24) is 24.7 Å². The highest BCUT2D eigenvalue weighted by Gasteiger charge is 2.39. The van der Waals surface area contributed by atoms with E-state index in [9.17, 15) is 23.2 Å². The molecule has 0 N–H and O–H groups in total. The number of alkyl halides is 3. The lowest BCUT2D eigenvalue weighted by molar-refractivity contribution is -0.137. The van der Waals surface area contributed by atoms with Gasteiger partial charge in [-0.25, -0.2) is 0 Å². The number of likely N-dealkylation sites (N-methyl/N-ethyl adjacent to an activating group) is 1. The van der Waals surface area contributed by atoms with E-state index >= 15 is 0 Å². The first-order chi connectivity index (χ1) is 23.6. The molecule has 0 aliphatic carbocycles. The molecule has 1 aromatic heterocycles. The fraction of sp³-hybridized carbons (Fsp3) is 0.588. The summed E-state index contributed by atoms with van der Waals surface area (Å²) in [7, 11) is 2.05. The van der Waals surface area contributed by atoms with Crippen LogP contribution >= 0.6 is 11.6 Å². The average molecular weight is 703 g/mol. The van der Waals surface area contributed by atoms with Crippen LogP contribution in [-0.2, 0) is 28.7 Å². The van der Waals surface area contributed by atoms with Crippen LogP contribution in [0.5, 0.6) is 6.01 Å². The van der Waals surface area contributed by atoms with Gasteiger partial charge in [-0.1, -0.05) is 23.7 Å². The zero-order valence-electron chi connectivity index (χ0n) is 27.7. The van der Waals surface area contributed by atoms with Crippen LogP contribution in [0.25, 0.3) is 0 Å². The minimum Gasteiger partial charge on any atom is -0.462 e. The highest BCUT2D eigenvalue weighted by molar-refractivity contribution is 6.31. The molecule has 0 bridgehead atoms. The Hall–Kier alpha value is -3.64. The highest BCUT2D eigenvalue weighted by Crippen LogP contribution is 2.43. The molecule has 4 aliphatic heterocycles. The molecule has 0 unspecified atom stereocenters. The zero-order chi connectivity index (χ0) is 34.5. The van der Waals surface area contributed by atoms with Crippen LogP contribution in [-0.4, -0.2) is 122 Å². The number of hydrogen-bond donors (Lipinski definition) is 0. The molecule has 11 nitrogen and oxygen atoms in total. The Balaban J connectivity index is 1.25. The van der Waals surface area contributed by atoms with E-state index in [4.69, 9.17) is 31.0 Å². The molecule has 0 spiro atoms. The molecule has 49 heavy (non-hydrogen) atoms. The molecule has 0 saturated carbocycles. The number of carbonyl (C=O) groups excluding carboxylic acids is 1. The van der Waals surface area contributed by atoms with Crippen molar-refractivity contribution in [2.24, 2.45) is 0 Å². The van der Waals surface area contributed by atoms with E-state index in [0.717, 1.165) is 38.0 Å². The van der Waals surface area contributed by atoms with Crippen molar-refractivity contribution < 1.29 is 27.4 Å². The number of anilines is 2. The van der Waals surface area contributed by atoms with Gasteiger partial charge in [0.25, 0.3) is 0 Å². The van der Waals surface area contributed by atoms with Gasteiger partial charge in [-0.15, -0.1) is 0 Å². The number of nitrogens with zero attached hydrogens (tertiary/aromatic N) is 8. The molecule has 15 heteroatoms. The number of morpholine rings is 1. The molecule has 3 saturated heterocycles. The summed E-state index contributed by atoms with van der Waals surface area (Å²) in [5.41, 5.74) is 0.552. The molecule has 5 heterocycles. The number of benzene rings is 1. The quantitative estimate of drug-likeness (QED) is 0.357. The molecule has 2 atom stereocenters. The van der Waals surface area contributed by atoms with E-state index in [1.165, 1.54) is 18.2 Å². The summed E-state index contributed by atoms with van der Waals surface area (Å²) in [4.78, 5) is 32.8. The Morgan fingerprint density at radius 2 is 1.94 bits per heavy atom. The first kappa shape index (κ1) is 35.2. The van der Waals surface area contributed by atoms with Crippen LogP contribution in [0.2, 0.25) is 5.02 Å². The lowest BCUT2D eigenvalue weighted by atomic mass is 10.0. The number of rotatable bonds is 9. The van der Waals surface area contributed by atoms with E-state index in [2.05, 4.69) is 27.8 Å². The predicted octanol–water partition coefficient (Wildman–Crippen LogP) is 4.00. The average Bonchev–Trinajstić information content (AvgIpc) is 3.50. The maximum atomic E-state index is 14.1. The molecule has 264 valence electrons. The Kier molecular flexibility index (Phi) is 11.1. The SMILES string of the molecule is CN1CCC[C@H]1COc1nc2c(c(N3CCN(C(=O)/C=C/CN4CCOCC4)[C@@H](CC#N)C3)n1)CCN(c1cccc(Cl)c1C(F)(F)F)C2. The Labute approximate surface area is 289 Å². The second kappa shape index (κ2) is 15.5. The van der Waals surface area contributed by atoms with Crippen molar-refractivity contribution in [2.45, 2.75) is 50.5 Å². The molecular formula is C34H42ClF3N8O3. The number of halogens is 4. The summed E-state index contributed by atoms with van der Waals surface area (Å²) in [5.74, 6) is 0.500. The second-order valence-corrected chi connectivity index (χ2v) is 13.4. The van der Waals surface area contributed by atoms with E-state index in [0.29, 0.717) is 70.5 Å². The number of fused-ring (bicyclic) bond motifs is 1. The van der Waals surface area contributed by atoms with E-state index < -0.39 is 11.7 Å². The highest BCUT2D eigenvalue weighted by atomic mass is 35.5. The normalized spacial score (nSPS) is 22.4.